The van der Waals surface area contributed by atoms with Crippen LogP contribution in [0.1, 0.15) is 13.8 Å². The van der Waals surface area contributed by atoms with Crippen molar-refractivity contribution in [1.29, 1.82) is 0 Å². The fourth-order valence-electron chi connectivity index (χ4n) is 2.13. The molecule has 2 aromatic carbocycles. The number of benzene rings is 2. The van der Waals surface area contributed by atoms with Crippen LogP contribution in [0, 0.1) is 6.07 Å². The monoisotopic (exact) mass is 500 g/mol. The van der Waals surface area contributed by atoms with E-state index in [4.69, 9.17) is 5.11 Å². The second kappa shape index (κ2) is 9.16. The fraction of sp³-hybridized carbons (Fsp3) is 0.158. The van der Waals surface area contributed by atoms with Gasteiger partial charge in [0.15, 0.2) is 5.78 Å². The van der Waals surface area contributed by atoms with Crippen molar-refractivity contribution >= 4 is 16.6 Å². The molecule has 0 fully saturated rings. The van der Waals surface area contributed by atoms with Gasteiger partial charge in [-0.05, 0) is 13.8 Å². The number of aryl methyl sites for hydroxylation is 1. The van der Waals surface area contributed by atoms with Crippen molar-refractivity contribution in [3.8, 4) is 11.3 Å². The van der Waals surface area contributed by atoms with E-state index in [2.05, 4.69) is 29.4 Å². The molecule has 0 aliphatic carbocycles. The van der Waals surface area contributed by atoms with E-state index in [-0.39, 0.29) is 31.6 Å². The minimum atomic E-state index is -0.125. The summed E-state index contributed by atoms with van der Waals surface area (Å²) >= 11 is 0. The molecule has 5 heteroatoms. The van der Waals surface area contributed by atoms with Crippen LogP contribution in [-0.4, -0.2) is 20.7 Å². The maximum absolute atomic E-state index is 10.0. The van der Waals surface area contributed by atoms with Crippen molar-refractivity contribution in [2.24, 2.45) is 7.05 Å². The van der Waals surface area contributed by atoms with Crippen molar-refractivity contribution in [1.82, 2.24) is 9.78 Å². The van der Waals surface area contributed by atoms with Crippen LogP contribution in [0.2, 0.25) is 0 Å². The zero-order valence-corrected chi connectivity index (χ0v) is 16.2. The summed E-state index contributed by atoms with van der Waals surface area (Å²) in [5.41, 5.74) is 2.01. The normalized spacial score (nSPS) is 10.5. The molecule has 0 saturated carbocycles. The third kappa shape index (κ3) is 5.76. The smallest absolute Gasteiger partial charge is 0.155 e. The van der Waals surface area contributed by atoms with Crippen LogP contribution >= 0.6 is 0 Å². The van der Waals surface area contributed by atoms with Crippen LogP contribution < -0.4 is 0 Å². The van der Waals surface area contributed by atoms with E-state index in [0.717, 1.165) is 11.3 Å². The molecular weight excluding hydrogens is 480 g/mol. The summed E-state index contributed by atoms with van der Waals surface area (Å²) in [6, 6.07) is 17.7. The zero-order chi connectivity index (χ0) is 16.8. The van der Waals surface area contributed by atoms with E-state index in [9.17, 15) is 4.79 Å². The van der Waals surface area contributed by atoms with Crippen LogP contribution in [-0.2, 0) is 31.9 Å². The molecule has 127 valence electrons. The number of hydrogen-bond donors (Lipinski definition) is 1. The Labute approximate surface area is 155 Å². The predicted octanol–water partition coefficient (Wildman–Crippen LogP) is 4.08. The van der Waals surface area contributed by atoms with Crippen LogP contribution in [0.15, 0.2) is 60.5 Å². The molecule has 0 unspecified atom stereocenters. The topological polar surface area (TPSA) is 55.1 Å². The van der Waals surface area contributed by atoms with Crippen LogP contribution in [0.25, 0.3) is 22.0 Å². The van der Waals surface area contributed by atoms with Gasteiger partial charge in [-0.2, -0.15) is 0 Å². The molecule has 0 aliphatic rings. The molecule has 1 heterocycles. The van der Waals surface area contributed by atoms with E-state index in [1.165, 1.54) is 30.7 Å². The van der Waals surface area contributed by atoms with Gasteiger partial charge >= 0.3 is 0 Å². The first kappa shape index (κ1) is 19.8. The van der Waals surface area contributed by atoms with Gasteiger partial charge in [-0.3, -0.25) is 9.48 Å². The second-order valence-electron chi connectivity index (χ2n) is 5.25. The Kier molecular flexibility index (Phi) is 7.56. The van der Waals surface area contributed by atoms with E-state index in [1.807, 2.05) is 37.5 Å². The Balaban J connectivity index is 0.000000312. The quantitative estimate of drug-likeness (QED) is 0.329. The Morgan fingerprint density at radius 1 is 1.21 bits per heavy atom. The Morgan fingerprint density at radius 3 is 2.38 bits per heavy atom. The summed E-state index contributed by atoms with van der Waals surface area (Å²) in [7, 11) is 1.92. The van der Waals surface area contributed by atoms with E-state index in [0.29, 0.717) is 0 Å². The number of aliphatic hydroxyl groups excluding tert-OH is 1. The molecule has 0 atom stereocenters. The number of aromatic nitrogens is 2. The number of aliphatic hydroxyl groups is 1. The van der Waals surface area contributed by atoms with Gasteiger partial charge in [0, 0.05) is 45.1 Å². The number of fused-ring (bicyclic) bond motifs is 1. The largest absolute Gasteiger partial charge is 0.512 e. The predicted molar refractivity (Wildman–Crippen MR) is 92.1 cm³/mol. The second-order valence-corrected chi connectivity index (χ2v) is 5.25. The molecule has 0 bridgehead atoms. The van der Waals surface area contributed by atoms with Gasteiger partial charge in [0.2, 0.25) is 0 Å². The van der Waals surface area contributed by atoms with E-state index >= 15 is 0 Å². The van der Waals surface area contributed by atoms with Crippen molar-refractivity contribution in [2.45, 2.75) is 13.8 Å². The number of ketones is 1. The minimum Gasteiger partial charge on any atom is -0.512 e. The summed E-state index contributed by atoms with van der Waals surface area (Å²) in [6.45, 7) is 2.85. The van der Waals surface area contributed by atoms with Gasteiger partial charge < -0.3 is 5.11 Å². The summed E-state index contributed by atoms with van der Waals surface area (Å²) in [4.78, 5) is 10.0. The molecule has 1 radical (unpaired) electrons. The molecule has 3 aromatic rings. The number of nitrogens with zero attached hydrogens (tertiary/aromatic N) is 2. The van der Waals surface area contributed by atoms with Gasteiger partial charge in [0.25, 0.3) is 0 Å². The van der Waals surface area contributed by atoms with Crippen LogP contribution in [0.4, 0.5) is 0 Å². The molecule has 0 amide bonds. The molecular formula is C19H19IrN2O2-. The summed E-state index contributed by atoms with van der Waals surface area (Å²) in [5, 5.41) is 15.2. The third-order valence-corrected chi connectivity index (χ3v) is 3.08. The molecule has 3 rings (SSSR count). The third-order valence-electron chi connectivity index (χ3n) is 3.08. The molecule has 1 N–H and O–H groups in total. The van der Waals surface area contributed by atoms with Gasteiger partial charge in [-0.1, -0.05) is 35.7 Å². The maximum atomic E-state index is 10.0. The van der Waals surface area contributed by atoms with E-state index < -0.39 is 0 Å². The average Bonchev–Trinajstić information content (AvgIpc) is 2.92. The van der Waals surface area contributed by atoms with Gasteiger partial charge in [-0.25, -0.2) is 5.10 Å². The number of allylic oxidation sites excluding steroid dienone is 2. The number of carbonyl (C=O) groups excluding carboxylic acids is 1. The standard InChI is InChI=1S/C14H11N2.C5H8O2.Ir/c1-16-9-8-14(15-16)13-7-6-11-4-2-3-5-12(11)10-13;1-4(6)3-5(2)7;/h2-6,8-10H,1H3;3,6H,1-2H3;/q-1;;/b;4-3-;. The first-order valence-corrected chi connectivity index (χ1v) is 7.24. The fourth-order valence-corrected chi connectivity index (χ4v) is 2.13. The van der Waals surface area contributed by atoms with Gasteiger partial charge in [0.1, 0.15) is 0 Å². The first-order valence-electron chi connectivity index (χ1n) is 7.24. The zero-order valence-electron chi connectivity index (χ0n) is 13.8. The van der Waals surface area contributed by atoms with Crippen molar-refractivity contribution in [3.05, 3.63) is 66.6 Å². The summed E-state index contributed by atoms with van der Waals surface area (Å²) < 4.78 is 1.80. The number of rotatable bonds is 2. The number of hydrogen-bond acceptors (Lipinski definition) is 3. The van der Waals surface area contributed by atoms with Crippen molar-refractivity contribution < 1.29 is 30.0 Å². The van der Waals surface area contributed by atoms with Crippen molar-refractivity contribution in [3.63, 3.8) is 0 Å². The Hall–Kier alpha value is -2.23. The first-order chi connectivity index (χ1) is 11.0. The molecule has 0 spiro atoms. The van der Waals surface area contributed by atoms with Crippen LogP contribution in [0.3, 0.4) is 0 Å². The molecule has 1 aromatic heterocycles. The van der Waals surface area contributed by atoms with E-state index in [1.54, 1.807) is 4.68 Å². The Morgan fingerprint density at radius 2 is 1.88 bits per heavy atom. The molecule has 4 nitrogen and oxygen atoms in total. The summed E-state index contributed by atoms with van der Waals surface area (Å²) in [5.74, 6) is -0.0625. The van der Waals surface area contributed by atoms with Crippen molar-refractivity contribution in [2.75, 3.05) is 0 Å². The van der Waals surface area contributed by atoms with Crippen LogP contribution in [0.5, 0.6) is 0 Å². The molecule has 0 aliphatic heterocycles. The maximum Gasteiger partial charge on any atom is 0.155 e. The Bertz CT molecular complexity index is 849. The minimum absolute atomic E-state index is 0. The SMILES string of the molecule is CC(=O)/C=C(/C)O.Cn1ccc(-c2[c-]cc3ccccc3c2)n1.[Ir]. The van der Waals surface area contributed by atoms with Gasteiger partial charge in [0.05, 0.1) is 5.76 Å². The average molecular weight is 500 g/mol. The number of carbonyl (C=O) groups is 1. The molecule has 0 saturated heterocycles. The van der Waals surface area contributed by atoms with Gasteiger partial charge in [-0.15, -0.1) is 29.1 Å². The summed E-state index contributed by atoms with van der Waals surface area (Å²) in [6.07, 6.45) is 3.11. The molecule has 24 heavy (non-hydrogen) atoms.